The van der Waals surface area contributed by atoms with Gasteiger partial charge in [-0.3, -0.25) is 4.79 Å². The van der Waals surface area contributed by atoms with Gasteiger partial charge in [-0.1, -0.05) is 18.2 Å². The number of allylic oxidation sites excluding steroid dienone is 1. The largest absolute Gasteiger partial charge is 0.484 e. The molecule has 1 heterocycles. The van der Waals surface area contributed by atoms with Gasteiger partial charge in [0.15, 0.2) is 6.61 Å². The molecule has 1 aliphatic rings. The number of thioether (sulfide) groups is 1. The summed E-state index contributed by atoms with van der Waals surface area (Å²) in [6, 6.07) is 9.09. The maximum atomic E-state index is 11.8. The van der Waals surface area contributed by atoms with Crippen molar-refractivity contribution >= 4 is 23.6 Å². The molecule has 0 aromatic heterocycles. The maximum absolute atomic E-state index is 11.8. The summed E-state index contributed by atoms with van der Waals surface area (Å²) in [4.78, 5) is 23.8. The smallest absolute Gasteiger partial charge is 0.346 e. The van der Waals surface area contributed by atoms with Gasteiger partial charge < -0.3 is 14.8 Å². The van der Waals surface area contributed by atoms with E-state index in [4.69, 9.17) is 4.74 Å². The van der Waals surface area contributed by atoms with Gasteiger partial charge >= 0.3 is 5.97 Å². The van der Waals surface area contributed by atoms with Crippen LogP contribution in [-0.4, -0.2) is 31.3 Å². The average molecular weight is 293 g/mol. The number of carbonyl (C=O) groups excluding carboxylic acids is 2. The number of benzene rings is 1. The molecule has 1 N–H and O–H groups in total. The molecule has 0 fully saturated rings. The number of rotatable bonds is 5. The first kappa shape index (κ1) is 14.5. The van der Waals surface area contributed by atoms with Gasteiger partial charge in [0, 0.05) is 11.4 Å². The molecule has 2 rings (SSSR count). The second kappa shape index (κ2) is 7.00. The maximum Gasteiger partial charge on any atom is 0.346 e. The highest BCUT2D eigenvalue weighted by atomic mass is 32.2. The van der Waals surface area contributed by atoms with Crippen molar-refractivity contribution in [2.75, 3.05) is 19.5 Å². The molecule has 0 unspecified atom stereocenters. The molecule has 0 atom stereocenters. The summed E-state index contributed by atoms with van der Waals surface area (Å²) >= 11 is 1.39. The number of hydrogen-bond donors (Lipinski definition) is 1. The van der Waals surface area contributed by atoms with Crippen LogP contribution in [0.25, 0.3) is 0 Å². The Morgan fingerprint density at radius 3 is 2.75 bits per heavy atom. The minimum Gasteiger partial charge on any atom is -0.484 e. The molecule has 1 aromatic rings. The molecule has 20 heavy (non-hydrogen) atoms. The fourth-order valence-corrected chi connectivity index (χ4v) is 2.76. The summed E-state index contributed by atoms with van der Waals surface area (Å²) in [6.45, 7) is -0.0906. The summed E-state index contributed by atoms with van der Waals surface area (Å²) < 4.78 is 10.0. The predicted molar refractivity (Wildman–Crippen MR) is 76.2 cm³/mol. The average Bonchev–Trinajstić information content (AvgIpc) is 2.93. The predicted octanol–water partition coefficient (Wildman–Crippen LogP) is 1.70. The first-order valence-corrected chi connectivity index (χ1v) is 7.11. The van der Waals surface area contributed by atoms with E-state index in [2.05, 4.69) is 10.1 Å². The Hall–Kier alpha value is -1.95. The molecule has 1 amide bonds. The molecular formula is C14H15NO4S. The summed E-state index contributed by atoms with van der Waals surface area (Å²) in [6.07, 6.45) is 0.645. The van der Waals surface area contributed by atoms with Gasteiger partial charge in [0.25, 0.3) is 5.91 Å². The van der Waals surface area contributed by atoms with E-state index in [9.17, 15) is 9.59 Å². The third kappa shape index (κ3) is 3.77. The molecule has 1 aromatic carbocycles. The van der Waals surface area contributed by atoms with Gasteiger partial charge in [-0.15, -0.1) is 11.8 Å². The topological polar surface area (TPSA) is 64.6 Å². The van der Waals surface area contributed by atoms with Gasteiger partial charge in [0.2, 0.25) is 0 Å². The van der Waals surface area contributed by atoms with Crippen molar-refractivity contribution in [2.24, 2.45) is 0 Å². The molecule has 0 saturated heterocycles. The summed E-state index contributed by atoms with van der Waals surface area (Å²) in [5.41, 5.74) is 0.614. The van der Waals surface area contributed by atoms with Crippen LogP contribution in [0.2, 0.25) is 0 Å². The summed E-state index contributed by atoms with van der Waals surface area (Å²) in [5.74, 6) is 0.699. The number of esters is 1. The zero-order valence-electron chi connectivity index (χ0n) is 11.0. The van der Waals surface area contributed by atoms with Crippen LogP contribution in [0.15, 0.2) is 40.9 Å². The fourth-order valence-electron chi connectivity index (χ4n) is 1.72. The van der Waals surface area contributed by atoms with Crippen LogP contribution in [0.5, 0.6) is 5.75 Å². The highest BCUT2D eigenvalue weighted by Gasteiger charge is 2.23. The second-order valence-corrected chi connectivity index (χ2v) is 5.15. The van der Waals surface area contributed by atoms with Crippen molar-refractivity contribution in [1.29, 1.82) is 0 Å². The quantitative estimate of drug-likeness (QED) is 0.837. The lowest BCUT2D eigenvalue weighted by Gasteiger charge is -2.09. The normalized spacial score (nSPS) is 14.1. The van der Waals surface area contributed by atoms with Crippen molar-refractivity contribution in [3.63, 3.8) is 0 Å². The Morgan fingerprint density at radius 1 is 1.30 bits per heavy atom. The van der Waals surface area contributed by atoms with Crippen molar-refractivity contribution in [3.05, 3.63) is 40.9 Å². The fraction of sp³-hybridized carbons (Fsp3) is 0.286. The summed E-state index contributed by atoms with van der Waals surface area (Å²) in [7, 11) is 1.33. The molecule has 0 bridgehead atoms. The number of hydrogen-bond acceptors (Lipinski definition) is 5. The monoisotopic (exact) mass is 293 g/mol. The highest BCUT2D eigenvalue weighted by Crippen LogP contribution is 2.30. The van der Waals surface area contributed by atoms with Crippen molar-refractivity contribution in [1.82, 2.24) is 5.32 Å². The zero-order chi connectivity index (χ0) is 14.4. The third-order valence-corrected chi connectivity index (χ3v) is 3.76. The number of para-hydroxylation sites is 1. The minimum absolute atomic E-state index is 0.0906. The number of amides is 1. The lowest BCUT2D eigenvalue weighted by Crippen LogP contribution is -2.29. The van der Waals surface area contributed by atoms with Crippen LogP contribution in [0.3, 0.4) is 0 Å². The van der Waals surface area contributed by atoms with Crippen molar-refractivity contribution < 1.29 is 19.1 Å². The number of nitrogens with one attached hydrogen (secondary N) is 1. The number of methoxy groups -OCH3 is 1. The molecule has 0 radical (unpaired) electrons. The van der Waals surface area contributed by atoms with Gasteiger partial charge in [-0.05, 0) is 18.6 Å². The Kier molecular flexibility index (Phi) is 5.06. The van der Waals surface area contributed by atoms with Gasteiger partial charge in [-0.2, -0.15) is 0 Å². The molecule has 1 aliphatic heterocycles. The van der Waals surface area contributed by atoms with Crippen LogP contribution >= 0.6 is 11.8 Å². The van der Waals surface area contributed by atoms with Crippen LogP contribution in [-0.2, 0) is 14.3 Å². The van der Waals surface area contributed by atoms with Crippen molar-refractivity contribution in [2.45, 2.75) is 6.42 Å². The number of ether oxygens (including phenoxy) is 2. The second-order valence-electron chi connectivity index (χ2n) is 4.05. The Bertz CT molecular complexity index is 527. The lowest BCUT2D eigenvalue weighted by atomic mass is 10.3. The van der Waals surface area contributed by atoms with Gasteiger partial charge in [-0.25, -0.2) is 4.79 Å². The number of carbonyl (C=O) groups is 2. The molecule has 0 saturated carbocycles. The molecule has 0 aliphatic carbocycles. The SMILES string of the molecule is COC(=O)C1=C(NC(=O)COc2ccccc2)CCS1. The van der Waals surface area contributed by atoms with Crippen LogP contribution < -0.4 is 10.1 Å². The van der Waals surface area contributed by atoms with Crippen LogP contribution in [0, 0.1) is 0 Å². The Labute approximate surface area is 121 Å². The lowest BCUT2D eigenvalue weighted by molar-refractivity contribution is -0.135. The van der Waals surface area contributed by atoms with Crippen molar-refractivity contribution in [3.8, 4) is 5.75 Å². The summed E-state index contributed by atoms with van der Waals surface area (Å²) in [5, 5.41) is 2.71. The van der Waals surface area contributed by atoms with E-state index >= 15 is 0 Å². The highest BCUT2D eigenvalue weighted by molar-refractivity contribution is 8.04. The first-order chi connectivity index (χ1) is 9.70. The van der Waals surface area contributed by atoms with E-state index in [1.165, 1.54) is 18.9 Å². The van der Waals surface area contributed by atoms with E-state index in [-0.39, 0.29) is 12.5 Å². The molecule has 6 heteroatoms. The van der Waals surface area contributed by atoms with E-state index in [1.54, 1.807) is 12.1 Å². The third-order valence-electron chi connectivity index (χ3n) is 2.65. The zero-order valence-corrected chi connectivity index (χ0v) is 11.9. The molecular weight excluding hydrogens is 278 g/mol. The minimum atomic E-state index is -0.410. The van der Waals surface area contributed by atoms with E-state index in [0.29, 0.717) is 22.8 Å². The standard InChI is InChI=1S/C14H15NO4S/c1-18-14(17)13-11(7-8-20-13)15-12(16)9-19-10-5-3-2-4-6-10/h2-6H,7-9H2,1H3,(H,15,16). The van der Waals surface area contributed by atoms with Gasteiger partial charge in [0.1, 0.15) is 10.7 Å². The molecule has 5 nitrogen and oxygen atoms in total. The van der Waals surface area contributed by atoms with E-state index in [1.807, 2.05) is 18.2 Å². The van der Waals surface area contributed by atoms with E-state index in [0.717, 1.165) is 5.75 Å². The Morgan fingerprint density at radius 2 is 2.05 bits per heavy atom. The van der Waals surface area contributed by atoms with Gasteiger partial charge in [0.05, 0.1) is 7.11 Å². The Balaban J connectivity index is 1.89. The first-order valence-electron chi connectivity index (χ1n) is 6.12. The molecule has 0 spiro atoms. The van der Waals surface area contributed by atoms with Crippen LogP contribution in [0.4, 0.5) is 0 Å². The van der Waals surface area contributed by atoms with E-state index < -0.39 is 5.97 Å². The van der Waals surface area contributed by atoms with Crippen LogP contribution in [0.1, 0.15) is 6.42 Å². The molecule has 106 valence electrons.